The van der Waals surface area contributed by atoms with Crippen LogP contribution in [0.25, 0.3) is 0 Å². The molecule has 0 unspecified atom stereocenters. The lowest BCUT2D eigenvalue weighted by molar-refractivity contribution is 0.452. The molecule has 0 N–H and O–H groups in total. The van der Waals surface area contributed by atoms with E-state index in [1.54, 1.807) is 36.4 Å². The van der Waals surface area contributed by atoms with Crippen molar-refractivity contribution in [2.45, 2.75) is 18.2 Å². The molecule has 0 fully saturated rings. The number of hydrogen-bond donors (Lipinski definition) is 0. The van der Waals surface area contributed by atoms with E-state index in [9.17, 15) is 8.42 Å². The summed E-state index contributed by atoms with van der Waals surface area (Å²) in [5.74, 6) is 2.40. The van der Waals surface area contributed by atoms with E-state index in [1.807, 2.05) is 13.0 Å². The largest absolute Gasteiger partial charge is 0.243 e. The Morgan fingerprint density at radius 2 is 2.00 bits per heavy atom. The molecule has 0 aliphatic rings. The van der Waals surface area contributed by atoms with Gasteiger partial charge in [-0.05, 0) is 25.5 Å². The molecular formula is C16H19NO2S. The summed E-state index contributed by atoms with van der Waals surface area (Å²) in [4.78, 5) is 0.269. The van der Waals surface area contributed by atoms with Crippen molar-refractivity contribution < 1.29 is 8.42 Å². The van der Waals surface area contributed by atoms with Gasteiger partial charge < -0.3 is 0 Å². The monoisotopic (exact) mass is 289 g/mol. The van der Waals surface area contributed by atoms with Crippen LogP contribution in [0.2, 0.25) is 0 Å². The molecule has 0 radical (unpaired) electrons. The number of hydrogen-bond acceptors (Lipinski definition) is 2. The highest BCUT2D eigenvalue weighted by Gasteiger charge is 2.22. The van der Waals surface area contributed by atoms with Gasteiger partial charge in [0.05, 0.1) is 11.4 Å². The predicted octanol–water partition coefficient (Wildman–Crippen LogP) is 2.75. The fraction of sp³-hybridized carbons (Fsp3) is 0.250. The smallest absolute Gasteiger partial charge is 0.207 e. The first-order chi connectivity index (χ1) is 9.52. The standard InChI is InChI=1S/C16H19NO2S/c1-4-6-7-8-14-17(13-5-2)20(18,19)16-11-9-15(3)10-12-16/h2,4,6-7,9-12H,1,8,13-14H2,3H3/b7-6+. The Labute approximate surface area is 121 Å². The SMILES string of the molecule is C#CCN(CC/C=C/C=C)S(=O)(=O)c1ccc(C)cc1. The van der Waals surface area contributed by atoms with E-state index in [-0.39, 0.29) is 11.4 Å². The van der Waals surface area contributed by atoms with E-state index < -0.39 is 10.0 Å². The van der Waals surface area contributed by atoms with Gasteiger partial charge in [0.25, 0.3) is 0 Å². The van der Waals surface area contributed by atoms with E-state index in [2.05, 4.69) is 12.5 Å². The van der Waals surface area contributed by atoms with Gasteiger partial charge in [-0.25, -0.2) is 8.42 Å². The van der Waals surface area contributed by atoms with Crippen LogP contribution in [0.1, 0.15) is 12.0 Å². The summed E-state index contributed by atoms with van der Waals surface area (Å²) in [6.45, 7) is 5.90. The molecule has 0 spiro atoms. The Morgan fingerprint density at radius 3 is 2.55 bits per heavy atom. The Kier molecular flexibility index (Phi) is 6.23. The molecule has 0 amide bonds. The predicted molar refractivity (Wildman–Crippen MR) is 82.7 cm³/mol. The highest BCUT2D eigenvalue weighted by atomic mass is 32.2. The fourth-order valence-electron chi connectivity index (χ4n) is 1.66. The van der Waals surface area contributed by atoms with E-state index in [4.69, 9.17) is 6.42 Å². The Morgan fingerprint density at radius 1 is 1.35 bits per heavy atom. The van der Waals surface area contributed by atoms with Gasteiger partial charge >= 0.3 is 0 Å². The highest BCUT2D eigenvalue weighted by molar-refractivity contribution is 7.89. The third kappa shape index (κ3) is 4.37. The minimum atomic E-state index is -3.54. The molecule has 0 saturated heterocycles. The highest BCUT2D eigenvalue weighted by Crippen LogP contribution is 2.16. The van der Waals surface area contributed by atoms with Crippen LogP contribution in [0.4, 0.5) is 0 Å². The maximum absolute atomic E-state index is 12.5. The second-order valence-electron chi connectivity index (χ2n) is 4.31. The third-order valence-electron chi connectivity index (χ3n) is 2.74. The number of aryl methyl sites for hydroxylation is 1. The minimum Gasteiger partial charge on any atom is -0.207 e. The average Bonchev–Trinajstić information content (AvgIpc) is 2.42. The zero-order valence-electron chi connectivity index (χ0n) is 11.6. The normalized spacial score (nSPS) is 11.7. The molecule has 0 aromatic heterocycles. The summed E-state index contributed by atoms with van der Waals surface area (Å²) in [7, 11) is -3.54. The number of benzene rings is 1. The number of allylic oxidation sites excluding steroid dienone is 2. The summed E-state index contributed by atoms with van der Waals surface area (Å²) in [6.07, 6.45) is 11.2. The molecule has 1 aromatic carbocycles. The molecule has 1 aromatic rings. The number of rotatable bonds is 7. The van der Waals surface area contributed by atoms with Crippen LogP contribution in [0.15, 0.2) is 54.0 Å². The van der Waals surface area contributed by atoms with Crippen molar-refractivity contribution in [3.05, 3.63) is 54.6 Å². The molecule has 0 bridgehead atoms. The van der Waals surface area contributed by atoms with Crippen LogP contribution in [0.3, 0.4) is 0 Å². The van der Waals surface area contributed by atoms with E-state index in [1.165, 1.54) is 4.31 Å². The van der Waals surface area contributed by atoms with Gasteiger partial charge in [-0.3, -0.25) is 0 Å². The van der Waals surface area contributed by atoms with Gasteiger partial charge in [0.15, 0.2) is 0 Å². The van der Waals surface area contributed by atoms with Gasteiger partial charge in [0.1, 0.15) is 0 Å². The van der Waals surface area contributed by atoms with Crippen molar-refractivity contribution in [1.82, 2.24) is 4.31 Å². The van der Waals surface area contributed by atoms with Crippen molar-refractivity contribution in [2.75, 3.05) is 13.1 Å². The van der Waals surface area contributed by atoms with Crippen LogP contribution >= 0.6 is 0 Å². The fourth-order valence-corrected chi connectivity index (χ4v) is 3.02. The second kappa shape index (κ2) is 7.68. The number of terminal acetylenes is 1. The first kappa shape index (κ1) is 16.2. The van der Waals surface area contributed by atoms with Crippen LogP contribution in [-0.4, -0.2) is 25.8 Å². The zero-order chi connectivity index (χ0) is 15.0. The lowest BCUT2D eigenvalue weighted by Crippen LogP contribution is -2.32. The zero-order valence-corrected chi connectivity index (χ0v) is 12.4. The third-order valence-corrected chi connectivity index (χ3v) is 4.60. The van der Waals surface area contributed by atoms with Gasteiger partial charge in [-0.15, -0.1) is 6.42 Å². The summed E-state index contributed by atoms with van der Waals surface area (Å²) >= 11 is 0. The first-order valence-electron chi connectivity index (χ1n) is 6.30. The molecule has 106 valence electrons. The molecular weight excluding hydrogens is 270 g/mol. The van der Waals surface area contributed by atoms with E-state index in [0.29, 0.717) is 13.0 Å². The first-order valence-corrected chi connectivity index (χ1v) is 7.74. The Hall–Kier alpha value is -1.83. The molecule has 0 aliphatic carbocycles. The second-order valence-corrected chi connectivity index (χ2v) is 6.25. The van der Waals surface area contributed by atoms with Crippen LogP contribution in [0, 0.1) is 19.3 Å². The maximum atomic E-state index is 12.5. The van der Waals surface area contributed by atoms with Gasteiger partial charge in [0.2, 0.25) is 10.0 Å². The molecule has 0 saturated carbocycles. The van der Waals surface area contributed by atoms with Crippen molar-refractivity contribution in [3.63, 3.8) is 0 Å². The topological polar surface area (TPSA) is 37.4 Å². The van der Waals surface area contributed by atoms with E-state index >= 15 is 0 Å². The molecule has 0 atom stereocenters. The van der Waals surface area contributed by atoms with Crippen LogP contribution in [0.5, 0.6) is 0 Å². The summed E-state index contributed by atoms with van der Waals surface area (Å²) in [5, 5.41) is 0. The van der Waals surface area contributed by atoms with Crippen LogP contribution in [-0.2, 0) is 10.0 Å². The molecule has 20 heavy (non-hydrogen) atoms. The summed E-state index contributed by atoms with van der Waals surface area (Å²) < 4.78 is 26.3. The molecule has 4 heteroatoms. The number of nitrogens with zero attached hydrogens (tertiary/aromatic N) is 1. The molecule has 1 rings (SSSR count). The van der Waals surface area contributed by atoms with Gasteiger partial charge in [-0.2, -0.15) is 4.31 Å². The summed E-state index contributed by atoms with van der Waals surface area (Å²) in [5.41, 5.74) is 1.02. The number of sulfonamides is 1. The Bertz CT molecular complexity index is 607. The van der Waals surface area contributed by atoms with Crippen molar-refractivity contribution in [2.24, 2.45) is 0 Å². The van der Waals surface area contributed by atoms with Crippen molar-refractivity contribution in [3.8, 4) is 12.3 Å². The van der Waals surface area contributed by atoms with Crippen molar-refractivity contribution in [1.29, 1.82) is 0 Å². The maximum Gasteiger partial charge on any atom is 0.243 e. The lowest BCUT2D eigenvalue weighted by atomic mass is 10.2. The van der Waals surface area contributed by atoms with Gasteiger partial charge in [-0.1, -0.05) is 48.4 Å². The molecule has 0 aliphatic heterocycles. The Balaban J connectivity index is 2.94. The minimum absolute atomic E-state index is 0.0676. The quantitative estimate of drug-likeness (QED) is 0.572. The lowest BCUT2D eigenvalue weighted by Gasteiger charge is -2.19. The average molecular weight is 289 g/mol. The van der Waals surface area contributed by atoms with Crippen LogP contribution < -0.4 is 0 Å². The van der Waals surface area contributed by atoms with Crippen molar-refractivity contribution >= 4 is 10.0 Å². The van der Waals surface area contributed by atoms with E-state index in [0.717, 1.165) is 5.56 Å². The summed E-state index contributed by atoms with van der Waals surface area (Å²) in [6, 6.07) is 6.76. The molecule has 0 heterocycles. The van der Waals surface area contributed by atoms with Gasteiger partial charge in [0, 0.05) is 6.54 Å². The molecule has 3 nitrogen and oxygen atoms in total.